The molecule has 4 heterocycles. The third kappa shape index (κ3) is 9.06. The van der Waals surface area contributed by atoms with Gasteiger partial charge in [0.15, 0.2) is 0 Å². The van der Waals surface area contributed by atoms with E-state index in [0.29, 0.717) is 0 Å². The fourth-order valence-corrected chi connectivity index (χ4v) is 14.6. The van der Waals surface area contributed by atoms with Crippen LogP contribution >= 0.6 is 0 Å². The summed E-state index contributed by atoms with van der Waals surface area (Å²) in [6.45, 7) is 32.2. The van der Waals surface area contributed by atoms with Crippen LogP contribution in [0.2, 0.25) is 0 Å². The molecule has 4 heteroatoms. The van der Waals surface area contributed by atoms with E-state index in [1.165, 1.54) is 132 Å². The Morgan fingerprint density at radius 2 is 0.622 bits per heavy atom. The van der Waals surface area contributed by atoms with Crippen LogP contribution in [0.4, 0.5) is 34.1 Å². The Labute approximate surface area is 531 Å². The predicted octanol–water partition coefficient (Wildman–Crippen LogP) is 24.6. The molecule has 446 valence electrons. The van der Waals surface area contributed by atoms with Crippen LogP contribution in [0.1, 0.15) is 130 Å². The predicted molar refractivity (Wildman–Crippen MR) is 390 cm³/mol. The van der Waals surface area contributed by atoms with Crippen LogP contribution in [0.15, 0.2) is 218 Å². The highest BCUT2D eigenvalue weighted by atomic mass is 15.2. The molecule has 0 radical (unpaired) electrons. The van der Waals surface area contributed by atoms with E-state index >= 15 is 0 Å². The van der Waals surface area contributed by atoms with Gasteiger partial charge in [0, 0.05) is 65.6 Å². The van der Waals surface area contributed by atoms with Crippen LogP contribution in [0.25, 0.3) is 98.4 Å². The van der Waals surface area contributed by atoms with Crippen LogP contribution in [-0.4, -0.2) is 8.80 Å². The Hall–Kier alpha value is -9.38. The van der Waals surface area contributed by atoms with E-state index in [2.05, 4.69) is 334 Å². The first-order valence-electron chi connectivity index (χ1n) is 32.7. The molecular weight excluding hydrogens is 1090 g/mol. The number of anilines is 6. The molecular formula is C86H82N4. The van der Waals surface area contributed by atoms with E-state index in [9.17, 15) is 0 Å². The zero-order chi connectivity index (χ0) is 62.5. The van der Waals surface area contributed by atoms with Gasteiger partial charge in [-0.3, -0.25) is 0 Å². The van der Waals surface area contributed by atoms with Gasteiger partial charge in [0.1, 0.15) is 0 Å². The lowest BCUT2D eigenvalue weighted by Crippen LogP contribution is -2.15. The summed E-state index contributed by atoms with van der Waals surface area (Å²) in [7, 11) is 0. The summed E-state index contributed by atoms with van der Waals surface area (Å²) in [5, 5.41) is 9.97. The average molecular weight is 1170 g/mol. The van der Waals surface area contributed by atoms with Crippen LogP contribution in [0.5, 0.6) is 0 Å². The van der Waals surface area contributed by atoms with Gasteiger partial charge in [-0.2, -0.15) is 0 Å². The molecule has 0 aliphatic carbocycles. The lowest BCUT2D eigenvalue weighted by molar-refractivity contribution is 0.589. The maximum atomic E-state index is 2.59. The van der Waals surface area contributed by atoms with Crippen molar-refractivity contribution in [2.75, 3.05) is 9.80 Å². The lowest BCUT2D eigenvalue weighted by atomic mass is 9.83. The maximum Gasteiger partial charge on any atom is 0.0641 e. The summed E-state index contributed by atoms with van der Waals surface area (Å²) in [6, 6.07) is 84.6. The molecule has 0 atom stereocenters. The number of rotatable bonds is 10. The topological polar surface area (TPSA) is 15.3 Å². The Bertz CT molecular complexity index is 4920. The van der Waals surface area contributed by atoms with Gasteiger partial charge in [-0.15, -0.1) is 0 Å². The van der Waals surface area contributed by atoms with E-state index in [0.717, 1.165) is 47.0 Å². The van der Waals surface area contributed by atoms with E-state index in [1.807, 2.05) is 0 Å². The summed E-state index contributed by atoms with van der Waals surface area (Å²) in [4.78, 5) is 5.11. The minimum atomic E-state index is -0.0505. The smallest absolute Gasteiger partial charge is 0.0641 e. The van der Waals surface area contributed by atoms with Gasteiger partial charge in [0.2, 0.25) is 0 Å². The maximum absolute atomic E-state index is 2.59. The molecule has 0 spiro atoms. The van der Waals surface area contributed by atoms with E-state index in [4.69, 9.17) is 0 Å². The molecule has 0 saturated heterocycles. The minimum Gasteiger partial charge on any atom is -0.309 e. The van der Waals surface area contributed by atoms with E-state index in [-0.39, 0.29) is 21.7 Å². The third-order valence-corrected chi connectivity index (χ3v) is 19.8. The quantitative estimate of drug-likeness (QED) is 0.136. The summed E-state index contributed by atoms with van der Waals surface area (Å²) >= 11 is 0. The molecule has 0 fully saturated rings. The molecule has 15 rings (SSSR count). The minimum absolute atomic E-state index is 0.0384. The van der Waals surface area contributed by atoms with Crippen molar-refractivity contribution in [2.24, 2.45) is 0 Å². The number of fused-ring (bicyclic) bond motifs is 12. The normalized spacial score (nSPS) is 12.9. The highest BCUT2D eigenvalue weighted by molar-refractivity contribution is 6.32. The molecule has 4 aromatic heterocycles. The fraction of sp³-hybridized carbons (Fsp3) is 0.233. The monoisotopic (exact) mass is 1170 g/mol. The number of hydrogen-bond acceptors (Lipinski definition) is 2. The van der Waals surface area contributed by atoms with Crippen molar-refractivity contribution in [3.63, 3.8) is 0 Å². The van der Waals surface area contributed by atoms with Gasteiger partial charge in [0.25, 0.3) is 0 Å². The van der Waals surface area contributed by atoms with Gasteiger partial charge in [-0.25, -0.2) is 0 Å². The first kappa shape index (κ1) is 57.1. The summed E-state index contributed by atoms with van der Waals surface area (Å²) < 4.78 is 5.17. The number of aromatic nitrogens is 2. The number of nitrogens with zero attached hydrogens (tertiary/aromatic N) is 4. The number of aryl methyl sites for hydroxylation is 2. The van der Waals surface area contributed by atoms with E-state index < -0.39 is 0 Å². The fourth-order valence-electron chi connectivity index (χ4n) is 14.6. The SMILES string of the molecule is CCc1ccc(N(c2ccc(C(C)(C)C)cc2-c2ccc(C(C)(C)C)cc2)c2ccc3c4cc5c(cc4n4c6ccccc6c2c34)c2ccc(N(c3ccc(CC)cc3)c3ccc(C(C)(C)C)cc3-c3ccc(C(C)(C)C)cc3)c3c4ccccc4n5c23)cc1. The van der Waals surface area contributed by atoms with Gasteiger partial charge >= 0.3 is 0 Å². The molecule has 0 saturated carbocycles. The zero-order valence-electron chi connectivity index (χ0n) is 55.0. The Morgan fingerprint density at radius 3 is 0.967 bits per heavy atom. The Morgan fingerprint density at radius 1 is 0.289 bits per heavy atom. The average Bonchev–Trinajstić information content (AvgIpc) is 1.52. The number of para-hydroxylation sites is 2. The van der Waals surface area contributed by atoms with Crippen molar-refractivity contribution in [2.45, 2.75) is 131 Å². The highest BCUT2D eigenvalue weighted by Gasteiger charge is 2.31. The van der Waals surface area contributed by atoms with Crippen molar-refractivity contribution in [1.29, 1.82) is 0 Å². The largest absolute Gasteiger partial charge is 0.309 e. The molecule has 0 bridgehead atoms. The molecule has 15 aromatic rings. The van der Waals surface area contributed by atoms with Crippen LogP contribution in [-0.2, 0) is 34.5 Å². The van der Waals surface area contributed by atoms with Gasteiger partial charge < -0.3 is 18.6 Å². The van der Waals surface area contributed by atoms with Gasteiger partial charge in [-0.05, 0) is 164 Å². The number of hydrogen-bond donors (Lipinski definition) is 0. The highest BCUT2D eigenvalue weighted by Crippen LogP contribution is 2.54. The zero-order valence-corrected chi connectivity index (χ0v) is 55.0. The van der Waals surface area contributed by atoms with Crippen molar-refractivity contribution in [3.05, 3.63) is 252 Å². The standard InChI is InChI=1S/C86H82N4/c1-15-53-25-39-61(40-26-53)87(73-45-37-59(85(9,10)11)49-67(73)55-29-33-57(34-30-55)83(3,4)5)75-47-43-63-69-51-78-70(52-77(69)89-71-23-19-17-21-65(71)79(75)81(63)89)64-44-48-76(80-66-22-18-20-24-72(66)90(78)82(64)80)88(62-41-27-54(16-2)28-42-62)74-46-38-60(86(12,13)14)50-68(74)56-31-35-58(36-32-56)84(6,7)8/h17-52H,15-16H2,1-14H3. The van der Waals surface area contributed by atoms with Gasteiger partial charge in [0.05, 0.1) is 55.8 Å². The molecule has 0 unspecified atom stereocenters. The van der Waals surface area contributed by atoms with Crippen molar-refractivity contribution in [1.82, 2.24) is 8.80 Å². The molecule has 0 N–H and O–H groups in total. The molecule has 90 heavy (non-hydrogen) atoms. The summed E-state index contributed by atoms with van der Waals surface area (Å²) in [6.07, 6.45) is 1.95. The summed E-state index contributed by atoms with van der Waals surface area (Å²) in [5.74, 6) is 0. The molecule has 11 aromatic carbocycles. The van der Waals surface area contributed by atoms with Crippen molar-refractivity contribution < 1.29 is 0 Å². The number of benzene rings is 11. The molecule has 0 aliphatic heterocycles. The lowest BCUT2D eigenvalue weighted by Gasteiger charge is -2.31. The van der Waals surface area contributed by atoms with Crippen LogP contribution < -0.4 is 9.80 Å². The molecule has 0 amide bonds. The Kier molecular flexibility index (Phi) is 13.1. The van der Waals surface area contributed by atoms with E-state index in [1.54, 1.807) is 0 Å². The second-order valence-corrected chi connectivity index (χ2v) is 29.6. The second-order valence-electron chi connectivity index (χ2n) is 29.6. The third-order valence-electron chi connectivity index (χ3n) is 19.8. The van der Waals surface area contributed by atoms with Crippen molar-refractivity contribution >= 4 is 110 Å². The summed E-state index contributed by atoms with van der Waals surface area (Å²) in [5.41, 5.74) is 27.0. The van der Waals surface area contributed by atoms with Crippen molar-refractivity contribution in [3.8, 4) is 22.3 Å². The Balaban J connectivity index is 0.984. The molecule has 4 nitrogen and oxygen atoms in total. The molecule has 0 aliphatic rings. The van der Waals surface area contributed by atoms with Crippen LogP contribution in [0.3, 0.4) is 0 Å². The first-order chi connectivity index (χ1) is 43.1. The first-order valence-corrected chi connectivity index (χ1v) is 32.7. The van der Waals surface area contributed by atoms with Crippen LogP contribution in [0, 0.1) is 0 Å². The van der Waals surface area contributed by atoms with Gasteiger partial charge in [-0.1, -0.05) is 230 Å². The second kappa shape index (κ2) is 20.6.